The Hall–Kier alpha value is -1.36. The molecule has 0 bridgehead atoms. The smallest absolute Gasteiger partial charge is 0.227 e. The van der Waals surface area contributed by atoms with Gasteiger partial charge < -0.3 is 10.1 Å². The van der Waals surface area contributed by atoms with E-state index >= 15 is 0 Å². The number of nitrogens with zero attached hydrogens (tertiary/aromatic N) is 2. The van der Waals surface area contributed by atoms with Gasteiger partial charge in [-0.1, -0.05) is 0 Å². The van der Waals surface area contributed by atoms with E-state index in [-0.39, 0.29) is 17.9 Å². The topological polar surface area (TPSA) is 56.2 Å². The van der Waals surface area contributed by atoms with Crippen LogP contribution in [0.25, 0.3) is 0 Å². The maximum atomic E-state index is 12.2. The average Bonchev–Trinajstić information content (AvgIpc) is 2.91. The van der Waals surface area contributed by atoms with Crippen LogP contribution in [-0.2, 0) is 16.1 Å². The molecule has 1 aromatic rings. The van der Waals surface area contributed by atoms with Crippen LogP contribution in [0.5, 0.6) is 0 Å². The molecule has 0 aromatic carbocycles. The molecule has 2 heterocycles. The highest BCUT2D eigenvalue weighted by Gasteiger charge is 2.47. The zero-order valence-electron chi connectivity index (χ0n) is 11.6. The summed E-state index contributed by atoms with van der Waals surface area (Å²) < 4.78 is 7.47. The van der Waals surface area contributed by atoms with Crippen LogP contribution in [0.1, 0.15) is 32.1 Å². The van der Waals surface area contributed by atoms with E-state index in [4.69, 9.17) is 4.74 Å². The van der Waals surface area contributed by atoms with Gasteiger partial charge in [0.1, 0.15) is 0 Å². The molecular weight excluding hydrogens is 254 g/mol. The first-order chi connectivity index (χ1) is 9.78. The maximum absolute atomic E-state index is 12.2. The monoisotopic (exact) mass is 275 g/mol. The molecule has 1 amide bonds. The summed E-state index contributed by atoms with van der Waals surface area (Å²) in [5, 5.41) is 7.31. The Kier molecular flexibility index (Phi) is 3.02. The summed E-state index contributed by atoms with van der Waals surface area (Å²) in [5.41, 5.74) is 0.813. The van der Waals surface area contributed by atoms with Gasteiger partial charge in [-0.15, -0.1) is 0 Å². The van der Waals surface area contributed by atoms with Crippen molar-refractivity contribution in [3.8, 4) is 0 Å². The molecule has 0 radical (unpaired) electrons. The van der Waals surface area contributed by atoms with Crippen molar-refractivity contribution >= 4 is 11.6 Å². The molecule has 1 aliphatic heterocycles. The molecule has 0 spiro atoms. The van der Waals surface area contributed by atoms with Crippen LogP contribution >= 0.6 is 0 Å². The third-order valence-corrected chi connectivity index (χ3v) is 4.93. The molecule has 5 heteroatoms. The highest BCUT2D eigenvalue weighted by atomic mass is 16.5. The van der Waals surface area contributed by atoms with E-state index in [0.717, 1.165) is 56.4 Å². The van der Waals surface area contributed by atoms with Crippen LogP contribution in [0, 0.1) is 17.8 Å². The third-order valence-electron chi connectivity index (χ3n) is 4.93. The van der Waals surface area contributed by atoms with Gasteiger partial charge in [-0.05, 0) is 43.9 Å². The van der Waals surface area contributed by atoms with Crippen molar-refractivity contribution in [3.05, 3.63) is 12.4 Å². The van der Waals surface area contributed by atoms with E-state index in [1.54, 1.807) is 6.20 Å². The number of carbonyl (C=O) groups excluding carboxylic acids is 1. The van der Waals surface area contributed by atoms with Crippen molar-refractivity contribution < 1.29 is 9.53 Å². The number of aromatic nitrogens is 2. The molecule has 2 aliphatic carbocycles. The van der Waals surface area contributed by atoms with Gasteiger partial charge in [0.2, 0.25) is 5.91 Å². The molecule has 3 unspecified atom stereocenters. The lowest BCUT2D eigenvalue weighted by molar-refractivity contribution is -0.120. The van der Waals surface area contributed by atoms with E-state index in [2.05, 4.69) is 10.4 Å². The number of hydrogen-bond acceptors (Lipinski definition) is 3. The van der Waals surface area contributed by atoms with E-state index in [1.165, 1.54) is 6.42 Å². The second-order valence-corrected chi connectivity index (χ2v) is 6.50. The van der Waals surface area contributed by atoms with Crippen molar-refractivity contribution in [3.63, 3.8) is 0 Å². The van der Waals surface area contributed by atoms with Crippen molar-refractivity contribution in [2.45, 2.75) is 44.8 Å². The number of carbonyl (C=O) groups is 1. The highest BCUT2D eigenvalue weighted by molar-refractivity contribution is 5.92. The van der Waals surface area contributed by atoms with E-state index in [1.807, 2.05) is 10.9 Å². The Morgan fingerprint density at radius 3 is 3.00 bits per heavy atom. The minimum absolute atomic E-state index is 0.175. The minimum atomic E-state index is 0.175. The molecule has 3 fully saturated rings. The van der Waals surface area contributed by atoms with Gasteiger partial charge in [-0.25, -0.2) is 0 Å². The Balaban J connectivity index is 1.32. The Morgan fingerprint density at radius 2 is 2.25 bits per heavy atom. The van der Waals surface area contributed by atoms with Crippen LogP contribution < -0.4 is 5.32 Å². The lowest BCUT2D eigenvalue weighted by atomic mass is 10.0. The Morgan fingerprint density at radius 1 is 1.40 bits per heavy atom. The zero-order chi connectivity index (χ0) is 13.5. The summed E-state index contributed by atoms with van der Waals surface area (Å²) in [4.78, 5) is 12.2. The van der Waals surface area contributed by atoms with Gasteiger partial charge >= 0.3 is 0 Å². The third kappa shape index (κ3) is 2.46. The number of ether oxygens (including phenoxy) is 1. The Bertz CT molecular complexity index is 497. The number of fused-ring (bicyclic) bond motifs is 1. The van der Waals surface area contributed by atoms with Crippen LogP contribution in [0.2, 0.25) is 0 Å². The molecule has 108 valence electrons. The largest absolute Gasteiger partial charge is 0.376 e. The number of anilines is 1. The zero-order valence-corrected chi connectivity index (χ0v) is 11.6. The molecule has 1 aromatic heterocycles. The van der Waals surface area contributed by atoms with Crippen LogP contribution in [0.4, 0.5) is 5.69 Å². The predicted octanol–water partition coefficient (Wildman–Crippen LogP) is 2.05. The van der Waals surface area contributed by atoms with E-state index in [0.29, 0.717) is 0 Å². The van der Waals surface area contributed by atoms with Crippen LogP contribution in [-0.4, -0.2) is 28.4 Å². The first kappa shape index (κ1) is 12.4. The molecule has 3 aliphatic rings. The summed E-state index contributed by atoms with van der Waals surface area (Å²) in [6, 6.07) is 0. The molecule has 1 saturated heterocycles. The molecule has 4 rings (SSSR count). The summed E-state index contributed by atoms with van der Waals surface area (Å²) in [5.74, 6) is 2.08. The SMILES string of the molecule is O=C(Nc1cnn(CC2CCCO2)c1)C1CC2CC2C1. The molecule has 20 heavy (non-hydrogen) atoms. The van der Waals surface area contributed by atoms with Crippen molar-refractivity contribution in [1.29, 1.82) is 0 Å². The molecule has 3 atom stereocenters. The fraction of sp³-hybridized carbons (Fsp3) is 0.733. The van der Waals surface area contributed by atoms with Gasteiger partial charge in [0.25, 0.3) is 0 Å². The maximum Gasteiger partial charge on any atom is 0.227 e. The number of amides is 1. The van der Waals surface area contributed by atoms with Crippen LogP contribution in [0.15, 0.2) is 12.4 Å². The lowest BCUT2D eigenvalue weighted by Crippen LogP contribution is -2.21. The average molecular weight is 275 g/mol. The molecule has 2 saturated carbocycles. The van der Waals surface area contributed by atoms with E-state index in [9.17, 15) is 4.79 Å². The summed E-state index contributed by atoms with van der Waals surface area (Å²) in [7, 11) is 0. The summed E-state index contributed by atoms with van der Waals surface area (Å²) in [6.07, 6.45) is 9.69. The Labute approximate surface area is 118 Å². The van der Waals surface area contributed by atoms with Crippen molar-refractivity contribution in [2.24, 2.45) is 17.8 Å². The van der Waals surface area contributed by atoms with Crippen molar-refractivity contribution in [1.82, 2.24) is 9.78 Å². The van der Waals surface area contributed by atoms with Gasteiger partial charge in [0.05, 0.1) is 24.5 Å². The van der Waals surface area contributed by atoms with Gasteiger partial charge in [-0.3, -0.25) is 9.48 Å². The van der Waals surface area contributed by atoms with Gasteiger partial charge in [0.15, 0.2) is 0 Å². The number of nitrogens with one attached hydrogen (secondary N) is 1. The highest BCUT2D eigenvalue weighted by Crippen LogP contribution is 2.54. The fourth-order valence-corrected chi connectivity index (χ4v) is 3.70. The molecule has 5 nitrogen and oxygen atoms in total. The van der Waals surface area contributed by atoms with Gasteiger partial charge in [0, 0.05) is 18.7 Å². The first-order valence-electron chi connectivity index (χ1n) is 7.73. The standard InChI is InChI=1S/C15H21N3O2/c19-15(12-5-10-4-11(10)6-12)17-13-7-16-18(8-13)9-14-2-1-3-20-14/h7-8,10-12,14H,1-6,9H2,(H,17,19). The van der Waals surface area contributed by atoms with Crippen molar-refractivity contribution in [2.75, 3.05) is 11.9 Å². The van der Waals surface area contributed by atoms with Gasteiger partial charge in [-0.2, -0.15) is 5.10 Å². The summed E-state index contributed by atoms with van der Waals surface area (Å²) in [6.45, 7) is 1.64. The quantitative estimate of drug-likeness (QED) is 0.915. The molecular formula is C15H21N3O2. The first-order valence-corrected chi connectivity index (χ1v) is 7.73. The summed E-state index contributed by atoms with van der Waals surface area (Å²) >= 11 is 0. The number of rotatable bonds is 4. The fourth-order valence-electron chi connectivity index (χ4n) is 3.70. The second kappa shape index (κ2) is 4.88. The molecule has 1 N–H and O–H groups in total. The minimum Gasteiger partial charge on any atom is -0.376 e. The number of hydrogen-bond donors (Lipinski definition) is 1. The van der Waals surface area contributed by atoms with Crippen LogP contribution in [0.3, 0.4) is 0 Å². The lowest BCUT2D eigenvalue weighted by Gasteiger charge is -2.11. The second-order valence-electron chi connectivity index (χ2n) is 6.50. The predicted molar refractivity (Wildman–Crippen MR) is 74.2 cm³/mol. The normalized spacial score (nSPS) is 35.0. The van der Waals surface area contributed by atoms with E-state index < -0.39 is 0 Å².